The molecule has 0 saturated heterocycles. The Bertz CT molecular complexity index is 767. The standard InChI is InChI=1S/C20H23ClN2O2S/c1-14-6-5-7-15(12-14)13-22-20(25)18(10-11-26-2)23-19(24)16-8-3-4-9-17(16)21/h3-9,12,18H,10-11,13H2,1-2H3,(H,22,25)(H,23,24). The van der Waals surface area contributed by atoms with Gasteiger partial charge in [0.1, 0.15) is 6.04 Å². The Balaban J connectivity index is 2.02. The molecule has 2 aromatic rings. The number of thioether (sulfide) groups is 1. The predicted molar refractivity (Wildman–Crippen MR) is 109 cm³/mol. The first-order valence-electron chi connectivity index (χ1n) is 8.39. The van der Waals surface area contributed by atoms with Crippen LogP contribution in [0.5, 0.6) is 0 Å². The van der Waals surface area contributed by atoms with Crippen molar-refractivity contribution in [2.75, 3.05) is 12.0 Å². The van der Waals surface area contributed by atoms with Crippen LogP contribution in [0.1, 0.15) is 27.9 Å². The maximum atomic E-state index is 12.6. The summed E-state index contributed by atoms with van der Waals surface area (Å²) in [7, 11) is 0. The van der Waals surface area contributed by atoms with Gasteiger partial charge in [0.15, 0.2) is 0 Å². The molecule has 0 fully saturated rings. The first-order valence-corrected chi connectivity index (χ1v) is 10.2. The van der Waals surface area contributed by atoms with E-state index in [1.807, 2.05) is 37.4 Å². The van der Waals surface area contributed by atoms with Gasteiger partial charge in [-0.1, -0.05) is 53.6 Å². The lowest BCUT2D eigenvalue weighted by atomic mass is 10.1. The largest absolute Gasteiger partial charge is 0.350 e. The first-order chi connectivity index (χ1) is 12.5. The molecule has 0 aliphatic rings. The molecule has 2 rings (SSSR count). The van der Waals surface area contributed by atoms with Gasteiger partial charge in [0.05, 0.1) is 10.6 Å². The van der Waals surface area contributed by atoms with Gasteiger partial charge in [0.25, 0.3) is 5.91 Å². The van der Waals surface area contributed by atoms with Crippen LogP contribution in [0.3, 0.4) is 0 Å². The molecule has 6 heteroatoms. The second kappa shape index (κ2) is 10.2. The summed E-state index contributed by atoms with van der Waals surface area (Å²) in [5.74, 6) is 0.235. The van der Waals surface area contributed by atoms with Crippen molar-refractivity contribution in [3.8, 4) is 0 Å². The fourth-order valence-corrected chi connectivity index (χ4v) is 3.21. The number of carbonyl (C=O) groups excluding carboxylic acids is 2. The molecule has 0 aliphatic carbocycles. The number of nitrogens with one attached hydrogen (secondary N) is 2. The normalized spacial score (nSPS) is 11.7. The molecular weight excluding hydrogens is 368 g/mol. The second-order valence-corrected chi connectivity index (χ2v) is 7.39. The summed E-state index contributed by atoms with van der Waals surface area (Å²) in [6.45, 7) is 2.44. The Morgan fingerprint density at radius 2 is 1.92 bits per heavy atom. The summed E-state index contributed by atoms with van der Waals surface area (Å²) in [4.78, 5) is 25.1. The van der Waals surface area contributed by atoms with Gasteiger partial charge in [-0.2, -0.15) is 11.8 Å². The molecule has 138 valence electrons. The monoisotopic (exact) mass is 390 g/mol. The molecule has 26 heavy (non-hydrogen) atoms. The molecule has 0 aromatic heterocycles. The molecule has 1 atom stereocenters. The van der Waals surface area contributed by atoms with Gasteiger partial charge in [-0.15, -0.1) is 0 Å². The number of amides is 2. The highest BCUT2D eigenvalue weighted by Crippen LogP contribution is 2.15. The molecular formula is C20H23ClN2O2S. The highest BCUT2D eigenvalue weighted by atomic mass is 35.5. The number of rotatable bonds is 8. The fourth-order valence-electron chi connectivity index (χ4n) is 2.52. The van der Waals surface area contributed by atoms with E-state index in [9.17, 15) is 9.59 Å². The van der Waals surface area contributed by atoms with E-state index in [0.29, 0.717) is 23.6 Å². The van der Waals surface area contributed by atoms with E-state index < -0.39 is 6.04 Å². The molecule has 2 aromatic carbocycles. The fraction of sp³-hybridized carbons (Fsp3) is 0.300. The Kier molecular flexibility index (Phi) is 8.01. The minimum Gasteiger partial charge on any atom is -0.350 e. The van der Waals surface area contributed by atoms with Crippen molar-refractivity contribution in [3.05, 3.63) is 70.2 Å². The average Bonchev–Trinajstić information content (AvgIpc) is 2.63. The van der Waals surface area contributed by atoms with Crippen molar-refractivity contribution in [1.29, 1.82) is 0 Å². The third-order valence-electron chi connectivity index (χ3n) is 3.90. The molecule has 0 heterocycles. The van der Waals surface area contributed by atoms with Crippen molar-refractivity contribution < 1.29 is 9.59 Å². The molecule has 0 bridgehead atoms. The predicted octanol–water partition coefficient (Wildman–Crippen LogP) is 3.82. The van der Waals surface area contributed by atoms with Gasteiger partial charge in [-0.25, -0.2) is 0 Å². The smallest absolute Gasteiger partial charge is 0.253 e. The van der Waals surface area contributed by atoms with E-state index in [1.165, 1.54) is 0 Å². The van der Waals surface area contributed by atoms with Crippen LogP contribution < -0.4 is 10.6 Å². The van der Waals surface area contributed by atoms with E-state index in [1.54, 1.807) is 36.0 Å². The Labute approximate surface area is 163 Å². The maximum absolute atomic E-state index is 12.6. The van der Waals surface area contributed by atoms with Gasteiger partial charge >= 0.3 is 0 Å². The van der Waals surface area contributed by atoms with Crippen LogP contribution in [0.4, 0.5) is 0 Å². The van der Waals surface area contributed by atoms with E-state index >= 15 is 0 Å². The first kappa shape index (κ1) is 20.3. The third-order valence-corrected chi connectivity index (χ3v) is 4.87. The number of aryl methyl sites for hydroxylation is 1. The summed E-state index contributed by atoms with van der Waals surface area (Å²) in [5.41, 5.74) is 2.54. The lowest BCUT2D eigenvalue weighted by molar-refractivity contribution is -0.123. The van der Waals surface area contributed by atoms with Crippen LogP contribution >= 0.6 is 23.4 Å². The van der Waals surface area contributed by atoms with Crippen LogP contribution in [0, 0.1) is 6.92 Å². The number of halogens is 1. The van der Waals surface area contributed by atoms with Crippen molar-refractivity contribution >= 4 is 35.2 Å². The quantitative estimate of drug-likeness (QED) is 0.720. The van der Waals surface area contributed by atoms with E-state index in [4.69, 9.17) is 11.6 Å². The molecule has 2 N–H and O–H groups in total. The summed E-state index contributed by atoms with van der Waals surface area (Å²) in [5, 5.41) is 6.09. The Morgan fingerprint density at radius 1 is 1.15 bits per heavy atom. The van der Waals surface area contributed by atoms with Crippen LogP contribution in [-0.2, 0) is 11.3 Å². The summed E-state index contributed by atoms with van der Waals surface area (Å²) in [6.07, 6.45) is 2.52. The minimum atomic E-state index is -0.601. The molecule has 0 aliphatic heterocycles. The number of hydrogen-bond donors (Lipinski definition) is 2. The number of carbonyl (C=O) groups is 2. The SMILES string of the molecule is CSCCC(NC(=O)c1ccccc1Cl)C(=O)NCc1cccc(C)c1. The van der Waals surface area contributed by atoms with Gasteiger partial charge in [0.2, 0.25) is 5.91 Å². The van der Waals surface area contributed by atoms with E-state index in [-0.39, 0.29) is 11.8 Å². The van der Waals surface area contributed by atoms with Crippen molar-refractivity contribution in [2.45, 2.75) is 25.9 Å². The number of benzene rings is 2. The molecule has 1 unspecified atom stereocenters. The Morgan fingerprint density at radius 3 is 2.62 bits per heavy atom. The molecule has 2 amide bonds. The van der Waals surface area contributed by atoms with Crippen LogP contribution in [0.2, 0.25) is 5.02 Å². The van der Waals surface area contributed by atoms with Crippen molar-refractivity contribution in [2.24, 2.45) is 0 Å². The van der Waals surface area contributed by atoms with Crippen LogP contribution in [0.15, 0.2) is 48.5 Å². The summed E-state index contributed by atoms with van der Waals surface area (Å²) in [6, 6.07) is 14.2. The minimum absolute atomic E-state index is 0.194. The van der Waals surface area contributed by atoms with Crippen molar-refractivity contribution in [3.63, 3.8) is 0 Å². The van der Waals surface area contributed by atoms with Crippen molar-refractivity contribution in [1.82, 2.24) is 10.6 Å². The van der Waals surface area contributed by atoms with Crippen LogP contribution in [0.25, 0.3) is 0 Å². The molecule has 4 nitrogen and oxygen atoms in total. The molecule has 0 radical (unpaired) electrons. The van der Waals surface area contributed by atoms with E-state index in [0.717, 1.165) is 16.9 Å². The zero-order chi connectivity index (χ0) is 18.9. The lowest BCUT2D eigenvalue weighted by Gasteiger charge is -2.18. The zero-order valence-electron chi connectivity index (χ0n) is 14.9. The van der Waals surface area contributed by atoms with E-state index in [2.05, 4.69) is 10.6 Å². The second-order valence-electron chi connectivity index (χ2n) is 5.99. The van der Waals surface area contributed by atoms with Crippen LogP contribution in [-0.4, -0.2) is 29.9 Å². The highest BCUT2D eigenvalue weighted by Gasteiger charge is 2.21. The Hall–Kier alpha value is -1.98. The average molecular weight is 391 g/mol. The van der Waals surface area contributed by atoms with Gasteiger partial charge in [0, 0.05) is 6.54 Å². The van der Waals surface area contributed by atoms with Gasteiger partial charge in [-0.3, -0.25) is 9.59 Å². The third kappa shape index (κ3) is 6.07. The summed E-state index contributed by atoms with van der Waals surface area (Å²) >= 11 is 7.71. The number of hydrogen-bond acceptors (Lipinski definition) is 3. The molecule has 0 spiro atoms. The lowest BCUT2D eigenvalue weighted by Crippen LogP contribution is -2.47. The molecule has 0 saturated carbocycles. The topological polar surface area (TPSA) is 58.2 Å². The van der Waals surface area contributed by atoms with Gasteiger partial charge < -0.3 is 10.6 Å². The summed E-state index contributed by atoms with van der Waals surface area (Å²) < 4.78 is 0. The van der Waals surface area contributed by atoms with Gasteiger partial charge in [-0.05, 0) is 43.0 Å². The zero-order valence-corrected chi connectivity index (χ0v) is 16.5. The maximum Gasteiger partial charge on any atom is 0.253 e. The highest BCUT2D eigenvalue weighted by molar-refractivity contribution is 7.98.